The predicted molar refractivity (Wildman–Crippen MR) is 98.4 cm³/mol. The van der Waals surface area contributed by atoms with Crippen molar-refractivity contribution >= 4 is 11.8 Å². The normalized spacial score (nSPS) is 18.2. The lowest BCUT2D eigenvalue weighted by atomic mass is 10.1. The van der Waals surface area contributed by atoms with Gasteiger partial charge in [-0.25, -0.2) is 9.48 Å². The number of anilines is 1. The smallest absolute Gasteiger partial charge is 0.320 e. The second-order valence-corrected chi connectivity index (χ2v) is 6.87. The molecule has 134 valence electrons. The van der Waals surface area contributed by atoms with E-state index >= 15 is 0 Å². The van der Waals surface area contributed by atoms with Crippen molar-refractivity contribution in [3.8, 4) is 5.69 Å². The molecule has 0 saturated carbocycles. The van der Waals surface area contributed by atoms with Gasteiger partial charge in [0.05, 0.1) is 23.5 Å². The predicted octanol–water partition coefficient (Wildman–Crippen LogP) is 3.49. The van der Waals surface area contributed by atoms with Crippen molar-refractivity contribution in [2.75, 3.05) is 11.9 Å². The molecule has 1 aliphatic heterocycles. The minimum Gasteiger partial charge on any atom is -0.376 e. The minimum absolute atomic E-state index is 0.0267. The first kappa shape index (κ1) is 17.5. The Morgan fingerprint density at radius 1 is 1.24 bits per heavy atom. The number of nitrogens with zero attached hydrogens (tertiary/aromatic N) is 2. The van der Waals surface area contributed by atoms with Crippen LogP contribution in [0.15, 0.2) is 24.3 Å². The third kappa shape index (κ3) is 4.20. The molecule has 1 aromatic heterocycles. The molecule has 0 bridgehead atoms. The Morgan fingerprint density at radius 2 is 1.96 bits per heavy atom. The van der Waals surface area contributed by atoms with Gasteiger partial charge >= 0.3 is 6.03 Å². The molecule has 2 N–H and O–H groups in total. The van der Waals surface area contributed by atoms with E-state index in [1.807, 2.05) is 19.9 Å². The van der Waals surface area contributed by atoms with Crippen molar-refractivity contribution in [1.29, 1.82) is 0 Å². The maximum atomic E-state index is 12.4. The first-order valence-corrected chi connectivity index (χ1v) is 8.77. The molecule has 0 spiro atoms. The summed E-state index contributed by atoms with van der Waals surface area (Å²) in [4.78, 5) is 12.4. The van der Waals surface area contributed by atoms with Crippen LogP contribution in [-0.4, -0.2) is 34.6 Å². The van der Waals surface area contributed by atoms with E-state index < -0.39 is 0 Å². The largest absolute Gasteiger partial charge is 0.376 e. The number of amides is 2. The van der Waals surface area contributed by atoms with E-state index in [4.69, 9.17) is 4.74 Å². The minimum atomic E-state index is -0.242. The molecule has 3 rings (SSSR count). The molecule has 1 saturated heterocycles. The van der Waals surface area contributed by atoms with Crippen LogP contribution in [0.5, 0.6) is 0 Å². The lowest BCUT2D eigenvalue weighted by Crippen LogP contribution is -2.43. The van der Waals surface area contributed by atoms with Gasteiger partial charge in [-0.2, -0.15) is 5.10 Å². The van der Waals surface area contributed by atoms with Crippen LogP contribution in [0.1, 0.15) is 36.6 Å². The number of benzene rings is 1. The molecule has 6 nitrogen and oxygen atoms in total. The lowest BCUT2D eigenvalue weighted by molar-refractivity contribution is 0.0868. The van der Waals surface area contributed by atoms with Gasteiger partial charge in [0.2, 0.25) is 0 Å². The van der Waals surface area contributed by atoms with Gasteiger partial charge < -0.3 is 10.1 Å². The van der Waals surface area contributed by atoms with Crippen LogP contribution < -0.4 is 10.6 Å². The van der Waals surface area contributed by atoms with Gasteiger partial charge in [0, 0.05) is 12.7 Å². The molecule has 2 heterocycles. The third-order valence-electron chi connectivity index (χ3n) is 4.41. The highest BCUT2D eigenvalue weighted by Gasteiger charge is 2.24. The summed E-state index contributed by atoms with van der Waals surface area (Å²) < 4.78 is 7.40. The molecule has 1 aromatic carbocycles. The molecule has 2 aromatic rings. The molecular formula is C19H26N4O2. The highest BCUT2D eigenvalue weighted by atomic mass is 16.5. The van der Waals surface area contributed by atoms with E-state index in [0.717, 1.165) is 42.0 Å². The summed E-state index contributed by atoms with van der Waals surface area (Å²) >= 11 is 0. The Balaban J connectivity index is 1.75. The third-order valence-corrected chi connectivity index (χ3v) is 4.41. The summed E-state index contributed by atoms with van der Waals surface area (Å²) in [6, 6.07) is 7.82. The van der Waals surface area contributed by atoms with Crippen molar-refractivity contribution in [1.82, 2.24) is 15.1 Å². The van der Waals surface area contributed by atoms with E-state index in [0.29, 0.717) is 5.82 Å². The fourth-order valence-corrected chi connectivity index (χ4v) is 3.31. The van der Waals surface area contributed by atoms with Crippen LogP contribution in [0.4, 0.5) is 10.6 Å². The van der Waals surface area contributed by atoms with E-state index in [2.05, 4.69) is 47.8 Å². The average Bonchev–Trinajstić information content (AvgIpc) is 3.16. The molecule has 25 heavy (non-hydrogen) atoms. The Bertz CT molecular complexity index is 743. The molecule has 6 heteroatoms. The summed E-state index contributed by atoms with van der Waals surface area (Å²) in [5.41, 5.74) is 4.10. The number of urea groups is 1. The number of aryl methyl sites for hydroxylation is 3. The molecule has 0 radical (unpaired) electrons. The second kappa shape index (κ2) is 7.27. The monoisotopic (exact) mass is 342 g/mol. The second-order valence-electron chi connectivity index (χ2n) is 6.87. The lowest BCUT2D eigenvalue weighted by Gasteiger charge is -2.20. The number of hydrogen-bond donors (Lipinski definition) is 2. The van der Waals surface area contributed by atoms with Gasteiger partial charge in [-0.05, 0) is 63.8 Å². The van der Waals surface area contributed by atoms with Crippen LogP contribution in [0.2, 0.25) is 0 Å². The SMILES string of the molecule is Cc1cc(C)cc(-n2nc(C)cc2NC(=O)N[C@@H](C)[C@@H]2CCCO2)c1. The van der Waals surface area contributed by atoms with Gasteiger partial charge in [0.25, 0.3) is 0 Å². The fraction of sp³-hybridized carbons (Fsp3) is 0.474. The van der Waals surface area contributed by atoms with Gasteiger partial charge in [-0.1, -0.05) is 6.07 Å². The van der Waals surface area contributed by atoms with Crippen LogP contribution in [0.3, 0.4) is 0 Å². The van der Waals surface area contributed by atoms with E-state index in [1.54, 1.807) is 4.68 Å². The molecule has 1 aliphatic rings. The maximum Gasteiger partial charge on any atom is 0.320 e. The van der Waals surface area contributed by atoms with Crippen LogP contribution >= 0.6 is 0 Å². The highest BCUT2D eigenvalue weighted by molar-refractivity contribution is 5.89. The highest BCUT2D eigenvalue weighted by Crippen LogP contribution is 2.20. The van der Waals surface area contributed by atoms with Gasteiger partial charge in [-0.3, -0.25) is 5.32 Å². The van der Waals surface area contributed by atoms with Crippen molar-refractivity contribution in [3.05, 3.63) is 41.1 Å². The Hall–Kier alpha value is -2.34. The van der Waals surface area contributed by atoms with Gasteiger partial charge in [-0.15, -0.1) is 0 Å². The summed E-state index contributed by atoms with van der Waals surface area (Å²) in [5.74, 6) is 0.652. The first-order valence-electron chi connectivity index (χ1n) is 8.77. The van der Waals surface area contributed by atoms with Crippen molar-refractivity contribution in [2.24, 2.45) is 0 Å². The molecule has 1 fully saturated rings. The first-order chi connectivity index (χ1) is 11.9. The number of ether oxygens (including phenoxy) is 1. The van der Waals surface area contributed by atoms with Gasteiger partial charge in [0.15, 0.2) is 0 Å². The Labute approximate surface area is 148 Å². The van der Waals surface area contributed by atoms with E-state index in [9.17, 15) is 4.79 Å². The van der Waals surface area contributed by atoms with Gasteiger partial charge in [0.1, 0.15) is 5.82 Å². The van der Waals surface area contributed by atoms with Crippen LogP contribution in [0, 0.1) is 20.8 Å². The van der Waals surface area contributed by atoms with Crippen molar-refractivity contribution in [3.63, 3.8) is 0 Å². The molecule has 0 aliphatic carbocycles. The quantitative estimate of drug-likeness (QED) is 0.894. The number of carbonyl (C=O) groups is 1. The zero-order valence-electron chi connectivity index (χ0n) is 15.3. The summed E-state index contributed by atoms with van der Waals surface area (Å²) in [7, 11) is 0. The number of aromatic nitrogens is 2. The fourth-order valence-electron chi connectivity index (χ4n) is 3.31. The van der Waals surface area contributed by atoms with Crippen LogP contribution in [-0.2, 0) is 4.74 Å². The number of hydrogen-bond acceptors (Lipinski definition) is 3. The van der Waals surface area contributed by atoms with E-state index in [1.165, 1.54) is 0 Å². The van der Waals surface area contributed by atoms with Crippen molar-refractivity contribution in [2.45, 2.75) is 52.7 Å². The number of carbonyl (C=O) groups excluding carboxylic acids is 1. The number of rotatable bonds is 4. The molecule has 2 amide bonds. The summed E-state index contributed by atoms with van der Waals surface area (Å²) in [5, 5.41) is 10.4. The van der Waals surface area contributed by atoms with E-state index in [-0.39, 0.29) is 18.2 Å². The molecule has 2 atom stereocenters. The molecular weight excluding hydrogens is 316 g/mol. The standard InChI is InChI=1S/C19H26N4O2/c1-12-8-13(2)10-16(9-12)23-18(11-14(3)22-23)21-19(24)20-15(4)17-6-5-7-25-17/h8-11,15,17H,5-7H2,1-4H3,(H2,20,21,24)/t15-,17-/m0/s1. The summed E-state index contributed by atoms with van der Waals surface area (Å²) in [6.07, 6.45) is 2.13. The Morgan fingerprint density at radius 3 is 2.60 bits per heavy atom. The zero-order valence-corrected chi connectivity index (χ0v) is 15.3. The number of nitrogens with one attached hydrogen (secondary N) is 2. The zero-order chi connectivity index (χ0) is 18.0. The summed E-state index contributed by atoms with van der Waals surface area (Å²) in [6.45, 7) is 8.77. The van der Waals surface area contributed by atoms with Crippen molar-refractivity contribution < 1.29 is 9.53 Å². The topological polar surface area (TPSA) is 68.2 Å². The maximum absolute atomic E-state index is 12.4. The molecule has 0 unspecified atom stereocenters. The average molecular weight is 342 g/mol. The Kier molecular flexibility index (Phi) is 5.08. The van der Waals surface area contributed by atoms with Crippen LogP contribution in [0.25, 0.3) is 5.69 Å².